The monoisotopic (exact) mass is 330 g/mol. The first-order chi connectivity index (χ1) is 11.6. The van der Waals surface area contributed by atoms with Crippen molar-refractivity contribution in [3.05, 3.63) is 42.0 Å². The Bertz CT molecular complexity index is 798. The van der Waals surface area contributed by atoms with Crippen molar-refractivity contribution in [3.8, 4) is 0 Å². The Morgan fingerprint density at radius 1 is 1.33 bits per heavy atom. The van der Waals surface area contributed by atoms with E-state index in [1.54, 1.807) is 0 Å². The van der Waals surface area contributed by atoms with Crippen LogP contribution in [0.1, 0.15) is 25.5 Å². The summed E-state index contributed by atoms with van der Waals surface area (Å²) in [5, 5.41) is 7.70. The predicted molar refractivity (Wildman–Crippen MR) is 85.1 cm³/mol. The van der Waals surface area contributed by atoms with Gasteiger partial charge in [0.2, 0.25) is 5.91 Å². The lowest BCUT2D eigenvalue weighted by molar-refractivity contribution is -0.118. The zero-order valence-corrected chi connectivity index (χ0v) is 13.0. The van der Waals surface area contributed by atoms with Crippen LogP contribution in [0.3, 0.4) is 0 Å². The summed E-state index contributed by atoms with van der Waals surface area (Å²) in [5.74, 6) is -0.513. The van der Waals surface area contributed by atoms with Crippen LogP contribution in [0.2, 0.25) is 0 Å². The van der Waals surface area contributed by atoms with E-state index in [0.717, 1.165) is 5.01 Å². The average molecular weight is 330 g/mol. The molecule has 8 heteroatoms. The van der Waals surface area contributed by atoms with Gasteiger partial charge in [-0.2, -0.15) is 5.10 Å². The van der Waals surface area contributed by atoms with Crippen molar-refractivity contribution in [2.24, 2.45) is 5.10 Å². The molecule has 1 aliphatic rings. The molecule has 0 saturated carbocycles. The van der Waals surface area contributed by atoms with Gasteiger partial charge in [0, 0.05) is 19.3 Å². The molecule has 0 unspecified atom stereocenters. The Morgan fingerprint density at radius 2 is 2.08 bits per heavy atom. The van der Waals surface area contributed by atoms with Crippen LogP contribution in [0.4, 0.5) is 16.1 Å². The predicted octanol–water partition coefficient (Wildman–Crippen LogP) is 2.50. The van der Waals surface area contributed by atoms with Crippen LogP contribution < -0.4 is 10.3 Å². The molecule has 24 heavy (non-hydrogen) atoms. The van der Waals surface area contributed by atoms with E-state index in [1.807, 2.05) is 6.92 Å². The summed E-state index contributed by atoms with van der Waals surface area (Å²) >= 11 is 0. The van der Waals surface area contributed by atoms with Gasteiger partial charge in [-0.1, -0.05) is 6.92 Å². The first-order valence-electron chi connectivity index (χ1n) is 7.49. The fraction of sp³-hybridized carbons (Fsp3) is 0.250. The molecule has 1 aliphatic heterocycles. The highest BCUT2D eigenvalue weighted by atomic mass is 19.1. The maximum atomic E-state index is 13.0. The molecule has 0 aliphatic carbocycles. The van der Waals surface area contributed by atoms with Gasteiger partial charge in [-0.25, -0.2) is 14.4 Å². The minimum atomic E-state index is -0.487. The zero-order chi connectivity index (χ0) is 17.1. The molecule has 2 heterocycles. The van der Waals surface area contributed by atoms with E-state index in [1.165, 1.54) is 30.5 Å². The third-order valence-electron chi connectivity index (χ3n) is 3.49. The Morgan fingerprint density at radius 3 is 2.75 bits per heavy atom. The van der Waals surface area contributed by atoms with E-state index in [-0.39, 0.29) is 30.5 Å². The summed E-state index contributed by atoms with van der Waals surface area (Å²) in [4.78, 5) is 28.2. The van der Waals surface area contributed by atoms with Gasteiger partial charge in [0.1, 0.15) is 17.3 Å². The number of nitrogens with one attached hydrogen (secondary N) is 1. The number of carbonyl (C=O) groups excluding carboxylic acids is 2. The van der Waals surface area contributed by atoms with E-state index >= 15 is 0 Å². The average Bonchev–Trinajstić information content (AvgIpc) is 3.04. The zero-order valence-electron chi connectivity index (χ0n) is 13.0. The second-order valence-electron chi connectivity index (χ2n) is 5.17. The smallest absolute Gasteiger partial charge is 0.301 e. The maximum absolute atomic E-state index is 13.0. The largest absolute Gasteiger partial charge is 0.428 e. The third kappa shape index (κ3) is 3.32. The van der Waals surface area contributed by atoms with Gasteiger partial charge in [-0.05, 0) is 24.3 Å². The van der Waals surface area contributed by atoms with Gasteiger partial charge < -0.3 is 4.42 Å². The van der Waals surface area contributed by atoms with Gasteiger partial charge in [0.05, 0.1) is 11.9 Å². The molecule has 1 N–H and O–H groups in total. The summed E-state index contributed by atoms with van der Waals surface area (Å²) < 4.78 is 18.3. The second-order valence-corrected chi connectivity index (χ2v) is 5.17. The molecule has 3 rings (SSSR count). The lowest BCUT2D eigenvalue weighted by Gasteiger charge is -2.22. The van der Waals surface area contributed by atoms with Crippen LogP contribution in [0.15, 0.2) is 40.0 Å². The molecule has 0 bridgehead atoms. The van der Waals surface area contributed by atoms with Crippen molar-refractivity contribution in [2.45, 2.75) is 26.2 Å². The van der Waals surface area contributed by atoms with Crippen molar-refractivity contribution in [1.82, 2.24) is 4.98 Å². The number of amides is 2. The standard InChI is InChI=1S/C16H15FN4O3/c1-2-12-9-18-16(24-12)19-15(23)13-7-8-14(22)21(20-13)11-5-3-10(17)4-6-11/h3-6,9H,2,7-8H2,1H3,(H,18,19,23). The van der Waals surface area contributed by atoms with E-state index in [9.17, 15) is 14.0 Å². The van der Waals surface area contributed by atoms with Gasteiger partial charge in [-0.15, -0.1) is 0 Å². The molecular formula is C16H15FN4O3. The molecule has 2 aromatic rings. The number of hydrogen-bond donors (Lipinski definition) is 1. The lowest BCUT2D eigenvalue weighted by Crippen LogP contribution is -2.36. The number of anilines is 2. The first kappa shape index (κ1) is 15.9. The SMILES string of the molecule is CCc1cnc(NC(=O)C2=NN(c3ccc(F)cc3)C(=O)CC2)o1. The lowest BCUT2D eigenvalue weighted by atomic mass is 10.1. The molecule has 1 aromatic carbocycles. The number of aromatic nitrogens is 1. The van der Waals surface area contributed by atoms with Crippen molar-refractivity contribution in [1.29, 1.82) is 0 Å². The molecule has 0 saturated heterocycles. The summed E-state index contributed by atoms with van der Waals surface area (Å²) in [6.07, 6.45) is 2.54. The fourth-order valence-corrected chi connectivity index (χ4v) is 2.20. The van der Waals surface area contributed by atoms with Gasteiger partial charge in [0.15, 0.2) is 0 Å². The van der Waals surface area contributed by atoms with Gasteiger partial charge in [0.25, 0.3) is 5.91 Å². The number of rotatable bonds is 4. The molecule has 0 fully saturated rings. The van der Waals surface area contributed by atoms with Crippen LogP contribution in [0.5, 0.6) is 0 Å². The van der Waals surface area contributed by atoms with E-state index in [2.05, 4.69) is 15.4 Å². The summed E-state index contributed by atoms with van der Waals surface area (Å²) in [7, 11) is 0. The molecule has 0 spiro atoms. The maximum Gasteiger partial charge on any atom is 0.301 e. The van der Waals surface area contributed by atoms with Crippen molar-refractivity contribution < 1.29 is 18.4 Å². The summed E-state index contributed by atoms with van der Waals surface area (Å²) in [5.41, 5.74) is 0.575. The van der Waals surface area contributed by atoms with Crippen LogP contribution in [0.25, 0.3) is 0 Å². The number of carbonyl (C=O) groups is 2. The number of aryl methyl sites for hydroxylation is 1. The van der Waals surface area contributed by atoms with Gasteiger partial charge >= 0.3 is 6.01 Å². The van der Waals surface area contributed by atoms with Crippen LogP contribution in [0, 0.1) is 5.82 Å². The number of hydrazone groups is 1. The summed E-state index contributed by atoms with van der Waals surface area (Å²) in [6, 6.07) is 5.40. The number of benzene rings is 1. The Hall–Kier alpha value is -3.03. The van der Waals surface area contributed by atoms with Crippen LogP contribution >= 0.6 is 0 Å². The van der Waals surface area contributed by atoms with Crippen molar-refractivity contribution >= 4 is 29.2 Å². The molecule has 0 radical (unpaired) electrons. The highest BCUT2D eigenvalue weighted by molar-refractivity contribution is 6.43. The first-order valence-corrected chi connectivity index (χ1v) is 7.49. The van der Waals surface area contributed by atoms with Crippen LogP contribution in [-0.4, -0.2) is 22.5 Å². The molecule has 2 amide bonds. The highest BCUT2D eigenvalue weighted by Gasteiger charge is 2.26. The second kappa shape index (κ2) is 6.61. The molecule has 1 aromatic heterocycles. The van der Waals surface area contributed by atoms with Crippen molar-refractivity contribution in [3.63, 3.8) is 0 Å². The number of oxazole rings is 1. The Kier molecular flexibility index (Phi) is 4.37. The highest BCUT2D eigenvalue weighted by Crippen LogP contribution is 2.21. The Labute approximate surface area is 137 Å². The van der Waals surface area contributed by atoms with E-state index in [4.69, 9.17) is 4.42 Å². The minimum Gasteiger partial charge on any atom is -0.428 e. The fourth-order valence-electron chi connectivity index (χ4n) is 2.20. The molecule has 0 atom stereocenters. The number of hydrogen-bond acceptors (Lipinski definition) is 5. The number of nitrogens with zero attached hydrogens (tertiary/aromatic N) is 3. The third-order valence-corrected chi connectivity index (χ3v) is 3.49. The molecular weight excluding hydrogens is 315 g/mol. The minimum absolute atomic E-state index is 0.0878. The molecule has 7 nitrogen and oxygen atoms in total. The van der Waals surface area contributed by atoms with Gasteiger partial charge in [-0.3, -0.25) is 14.9 Å². The van der Waals surface area contributed by atoms with E-state index < -0.39 is 11.7 Å². The molecule has 124 valence electrons. The quantitative estimate of drug-likeness (QED) is 0.933. The normalized spacial score (nSPS) is 14.5. The summed E-state index contributed by atoms with van der Waals surface area (Å²) in [6.45, 7) is 1.91. The van der Waals surface area contributed by atoms with E-state index in [0.29, 0.717) is 17.9 Å². The number of halogens is 1. The van der Waals surface area contributed by atoms with Crippen molar-refractivity contribution in [2.75, 3.05) is 10.3 Å². The Balaban J connectivity index is 1.79. The van der Waals surface area contributed by atoms with Crippen LogP contribution in [-0.2, 0) is 16.0 Å². The topological polar surface area (TPSA) is 87.8 Å².